The lowest BCUT2D eigenvalue weighted by atomic mass is 10.1. The molecule has 0 radical (unpaired) electrons. The second-order valence-electron chi connectivity index (χ2n) is 6.58. The van der Waals surface area contributed by atoms with Crippen molar-refractivity contribution >= 4 is 33.2 Å². The molecule has 9 heteroatoms. The molecule has 0 aliphatic heterocycles. The molecule has 2 N–H and O–H groups in total. The minimum absolute atomic E-state index is 0.00610. The van der Waals surface area contributed by atoms with Gasteiger partial charge in [0.2, 0.25) is 10.0 Å². The quantitative estimate of drug-likeness (QED) is 0.813. The van der Waals surface area contributed by atoms with Crippen LogP contribution in [0.1, 0.15) is 31.1 Å². The first-order valence-electron chi connectivity index (χ1n) is 7.49. The summed E-state index contributed by atoms with van der Waals surface area (Å²) in [4.78, 5) is 12.0. The molecule has 5 nitrogen and oxygen atoms in total. The first-order chi connectivity index (χ1) is 11.9. The maximum Gasteiger partial charge on any atom is 0.255 e. The highest BCUT2D eigenvalue weighted by atomic mass is 35.5. The van der Waals surface area contributed by atoms with Crippen molar-refractivity contribution in [2.75, 3.05) is 5.32 Å². The molecule has 0 aromatic heterocycles. The zero-order valence-corrected chi connectivity index (χ0v) is 15.8. The van der Waals surface area contributed by atoms with Crippen LogP contribution < -0.4 is 10.0 Å². The van der Waals surface area contributed by atoms with E-state index in [1.165, 1.54) is 18.2 Å². The van der Waals surface area contributed by atoms with E-state index in [0.29, 0.717) is 0 Å². The molecule has 26 heavy (non-hydrogen) atoms. The van der Waals surface area contributed by atoms with Crippen molar-refractivity contribution in [1.29, 1.82) is 0 Å². The Labute approximate surface area is 155 Å². The van der Waals surface area contributed by atoms with Crippen molar-refractivity contribution in [2.45, 2.75) is 31.2 Å². The lowest BCUT2D eigenvalue weighted by Crippen LogP contribution is -2.40. The van der Waals surface area contributed by atoms with Gasteiger partial charge < -0.3 is 5.32 Å². The molecule has 2 aromatic carbocycles. The molecule has 0 aliphatic carbocycles. The van der Waals surface area contributed by atoms with Crippen LogP contribution in [0.15, 0.2) is 41.3 Å². The van der Waals surface area contributed by atoms with E-state index in [1.807, 2.05) is 0 Å². The second kappa shape index (κ2) is 7.30. The summed E-state index contributed by atoms with van der Waals surface area (Å²) in [5, 5.41) is 2.32. The number of carbonyl (C=O) groups is 1. The molecule has 0 heterocycles. The third kappa shape index (κ3) is 5.00. The lowest BCUT2D eigenvalue weighted by Gasteiger charge is -2.21. The molecule has 0 fully saturated rings. The summed E-state index contributed by atoms with van der Waals surface area (Å²) in [5.74, 6) is -2.85. The topological polar surface area (TPSA) is 75.3 Å². The van der Waals surface area contributed by atoms with Crippen LogP contribution in [0.3, 0.4) is 0 Å². The smallest absolute Gasteiger partial charge is 0.255 e. The maximum absolute atomic E-state index is 13.2. The standard InChI is InChI=1S/C17H17ClF2N2O3S/c1-17(2,3)22-26(24,25)15-8-10(4-6-12(15)18)16(23)21-11-5-7-13(19)14(20)9-11/h4-9,22H,1-3H3,(H,21,23). The molecular formula is C17H17ClF2N2O3S. The van der Waals surface area contributed by atoms with Crippen LogP contribution in [0, 0.1) is 11.6 Å². The first kappa shape index (κ1) is 20.3. The van der Waals surface area contributed by atoms with Gasteiger partial charge >= 0.3 is 0 Å². The summed E-state index contributed by atoms with van der Waals surface area (Å²) < 4.78 is 53.6. The lowest BCUT2D eigenvalue weighted by molar-refractivity contribution is 0.102. The fraction of sp³-hybridized carbons (Fsp3) is 0.235. The molecule has 2 rings (SSSR count). The fourth-order valence-electron chi connectivity index (χ4n) is 2.09. The van der Waals surface area contributed by atoms with Crippen molar-refractivity contribution in [3.05, 3.63) is 58.6 Å². The van der Waals surface area contributed by atoms with Crippen LogP contribution in [0.5, 0.6) is 0 Å². The predicted molar refractivity (Wildman–Crippen MR) is 95.8 cm³/mol. The van der Waals surface area contributed by atoms with Crippen LogP contribution in [0.2, 0.25) is 5.02 Å². The van der Waals surface area contributed by atoms with E-state index >= 15 is 0 Å². The summed E-state index contributed by atoms with van der Waals surface area (Å²) >= 11 is 5.97. The van der Waals surface area contributed by atoms with E-state index in [1.54, 1.807) is 20.8 Å². The number of rotatable bonds is 4. The molecule has 0 bridgehead atoms. The van der Waals surface area contributed by atoms with Gasteiger partial charge in [-0.3, -0.25) is 4.79 Å². The highest BCUT2D eigenvalue weighted by molar-refractivity contribution is 7.89. The van der Waals surface area contributed by atoms with Gasteiger partial charge in [-0.15, -0.1) is 0 Å². The summed E-state index contributed by atoms with van der Waals surface area (Å²) in [6.45, 7) is 4.99. The fourth-order valence-corrected chi connectivity index (χ4v) is 4.03. The van der Waals surface area contributed by atoms with Gasteiger partial charge in [0.05, 0.1) is 5.02 Å². The van der Waals surface area contributed by atoms with E-state index in [-0.39, 0.29) is 21.2 Å². The van der Waals surface area contributed by atoms with E-state index in [2.05, 4.69) is 10.0 Å². The number of hydrogen-bond acceptors (Lipinski definition) is 3. The Bertz CT molecular complexity index is 957. The maximum atomic E-state index is 13.2. The van der Waals surface area contributed by atoms with Crippen molar-refractivity contribution in [3.8, 4) is 0 Å². The van der Waals surface area contributed by atoms with Gasteiger partial charge in [-0.05, 0) is 51.1 Å². The number of sulfonamides is 1. The van der Waals surface area contributed by atoms with Crippen LogP contribution in [0.25, 0.3) is 0 Å². The van der Waals surface area contributed by atoms with Crippen LogP contribution >= 0.6 is 11.6 Å². The molecule has 0 unspecified atom stereocenters. The molecule has 0 spiro atoms. The molecule has 0 atom stereocenters. The SMILES string of the molecule is CC(C)(C)NS(=O)(=O)c1cc(C(=O)Nc2ccc(F)c(F)c2)ccc1Cl. The normalized spacial score (nSPS) is 12.1. The van der Waals surface area contributed by atoms with Gasteiger partial charge in [-0.2, -0.15) is 0 Å². The molecule has 140 valence electrons. The van der Waals surface area contributed by atoms with Gasteiger partial charge in [0, 0.05) is 22.9 Å². The number of carbonyl (C=O) groups excluding carboxylic acids is 1. The summed E-state index contributed by atoms with van der Waals surface area (Å²) in [7, 11) is -3.96. The molecule has 0 saturated heterocycles. The Hall–Kier alpha value is -2.03. The van der Waals surface area contributed by atoms with Crippen LogP contribution in [-0.2, 0) is 10.0 Å². The van der Waals surface area contributed by atoms with E-state index < -0.39 is 33.1 Å². The average Bonchev–Trinajstić information content (AvgIpc) is 2.48. The third-order valence-corrected chi connectivity index (χ3v) is 5.34. The first-order valence-corrected chi connectivity index (χ1v) is 9.35. The monoisotopic (exact) mass is 402 g/mol. The minimum atomic E-state index is -3.96. The summed E-state index contributed by atoms with van der Waals surface area (Å²) in [6.07, 6.45) is 0. The van der Waals surface area contributed by atoms with Gasteiger partial charge in [-0.25, -0.2) is 21.9 Å². The number of nitrogens with one attached hydrogen (secondary N) is 2. The van der Waals surface area contributed by atoms with Crippen molar-refractivity contribution in [3.63, 3.8) is 0 Å². The van der Waals surface area contributed by atoms with Gasteiger partial charge in [-0.1, -0.05) is 11.6 Å². The number of benzene rings is 2. The molecule has 1 amide bonds. The van der Waals surface area contributed by atoms with Crippen LogP contribution in [-0.4, -0.2) is 19.9 Å². The van der Waals surface area contributed by atoms with Gasteiger partial charge in [0.1, 0.15) is 4.90 Å². The second-order valence-corrected chi connectivity index (χ2v) is 8.64. The number of anilines is 1. The zero-order valence-electron chi connectivity index (χ0n) is 14.2. The van der Waals surface area contributed by atoms with Gasteiger partial charge in [0.25, 0.3) is 5.91 Å². The highest BCUT2D eigenvalue weighted by Gasteiger charge is 2.25. The Kier molecular flexibility index (Phi) is 5.70. The van der Waals surface area contributed by atoms with Crippen molar-refractivity contribution < 1.29 is 22.0 Å². The molecule has 2 aromatic rings. The number of amides is 1. The minimum Gasteiger partial charge on any atom is -0.322 e. The van der Waals surface area contributed by atoms with E-state index in [4.69, 9.17) is 11.6 Å². The van der Waals surface area contributed by atoms with Crippen molar-refractivity contribution in [2.24, 2.45) is 0 Å². The number of halogens is 3. The summed E-state index contributed by atoms with van der Waals surface area (Å²) in [5.41, 5.74) is -0.721. The summed E-state index contributed by atoms with van der Waals surface area (Å²) in [6, 6.07) is 6.60. The Morgan fingerprint density at radius 2 is 1.69 bits per heavy atom. The largest absolute Gasteiger partial charge is 0.322 e. The predicted octanol–water partition coefficient (Wildman–Crippen LogP) is 3.95. The third-order valence-electron chi connectivity index (χ3n) is 3.10. The van der Waals surface area contributed by atoms with Crippen LogP contribution in [0.4, 0.5) is 14.5 Å². The van der Waals surface area contributed by atoms with E-state index in [0.717, 1.165) is 18.2 Å². The van der Waals surface area contributed by atoms with Gasteiger partial charge in [0.15, 0.2) is 11.6 Å². The molecule has 0 aliphatic rings. The average molecular weight is 403 g/mol. The number of hydrogen-bond donors (Lipinski definition) is 2. The Morgan fingerprint density at radius 1 is 1.04 bits per heavy atom. The van der Waals surface area contributed by atoms with Crippen molar-refractivity contribution in [1.82, 2.24) is 4.72 Å². The zero-order chi connectivity index (χ0) is 19.7. The Balaban J connectivity index is 2.33. The van der Waals surface area contributed by atoms with E-state index in [9.17, 15) is 22.0 Å². The molecule has 0 saturated carbocycles. The molecular weight excluding hydrogens is 386 g/mol. The Morgan fingerprint density at radius 3 is 2.27 bits per heavy atom. The highest BCUT2D eigenvalue weighted by Crippen LogP contribution is 2.24.